The lowest BCUT2D eigenvalue weighted by molar-refractivity contribution is -0.135. The summed E-state index contributed by atoms with van der Waals surface area (Å²) in [5.41, 5.74) is 1.54. The minimum absolute atomic E-state index is 0.0444. The normalized spacial score (nSPS) is 13.6. The molecule has 0 aliphatic heterocycles. The van der Waals surface area contributed by atoms with Crippen LogP contribution in [0.5, 0.6) is 0 Å². The minimum Gasteiger partial charge on any atom is -0.444 e. The van der Waals surface area contributed by atoms with Crippen molar-refractivity contribution in [2.24, 2.45) is 0 Å². The summed E-state index contributed by atoms with van der Waals surface area (Å²) in [6, 6.07) is 5.07. The third-order valence-electron chi connectivity index (χ3n) is 4.05. The molecule has 156 valence electrons. The predicted octanol–water partition coefficient (Wildman–Crippen LogP) is 5.70. The smallest absolute Gasteiger partial charge is 0.408 e. The Hall–Kier alpha value is -1.96. The van der Waals surface area contributed by atoms with E-state index >= 15 is 0 Å². The van der Waals surface area contributed by atoms with Gasteiger partial charge in [0.25, 0.3) is 0 Å². The minimum atomic E-state index is -4.19. The SMILES string of the molecule is CC(NC(=O)OC(C)(C)C)c1ccc2c(c1)nc(CCl)n2CCCC(F)(F)F. The second-order valence-electron chi connectivity index (χ2n) is 7.65. The molecule has 0 aliphatic carbocycles. The molecular weight excluding hydrogens is 395 g/mol. The molecule has 1 amide bonds. The number of fused-ring (bicyclic) bond motifs is 1. The van der Waals surface area contributed by atoms with E-state index < -0.39 is 24.3 Å². The third kappa shape index (κ3) is 6.29. The Balaban J connectivity index is 2.18. The summed E-state index contributed by atoms with van der Waals surface area (Å²) in [6.07, 6.45) is -5.62. The van der Waals surface area contributed by atoms with Gasteiger partial charge in [-0.05, 0) is 51.8 Å². The molecule has 1 unspecified atom stereocenters. The molecule has 1 atom stereocenters. The fourth-order valence-corrected chi connectivity index (χ4v) is 3.03. The first-order chi connectivity index (χ1) is 12.9. The highest BCUT2D eigenvalue weighted by Gasteiger charge is 2.26. The molecule has 0 spiro atoms. The summed E-state index contributed by atoms with van der Waals surface area (Å²) in [7, 11) is 0. The fourth-order valence-electron chi connectivity index (χ4n) is 2.82. The van der Waals surface area contributed by atoms with Crippen molar-refractivity contribution in [1.29, 1.82) is 0 Å². The zero-order chi connectivity index (χ0) is 21.1. The van der Waals surface area contributed by atoms with Gasteiger partial charge in [-0.3, -0.25) is 0 Å². The van der Waals surface area contributed by atoms with Gasteiger partial charge in [0.2, 0.25) is 0 Å². The van der Waals surface area contributed by atoms with Crippen molar-refractivity contribution in [3.8, 4) is 0 Å². The number of aryl methyl sites for hydroxylation is 1. The van der Waals surface area contributed by atoms with Crippen LogP contribution in [-0.4, -0.2) is 27.4 Å². The van der Waals surface area contributed by atoms with Crippen molar-refractivity contribution in [3.63, 3.8) is 0 Å². The number of hydrogen-bond acceptors (Lipinski definition) is 3. The van der Waals surface area contributed by atoms with Gasteiger partial charge < -0.3 is 14.6 Å². The van der Waals surface area contributed by atoms with Crippen molar-refractivity contribution in [1.82, 2.24) is 14.9 Å². The van der Waals surface area contributed by atoms with Gasteiger partial charge in [-0.15, -0.1) is 11.6 Å². The van der Waals surface area contributed by atoms with Crippen LogP contribution >= 0.6 is 11.6 Å². The Bertz CT molecular complexity index is 828. The quantitative estimate of drug-likeness (QED) is 0.611. The number of carbonyl (C=O) groups is 1. The lowest BCUT2D eigenvalue weighted by atomic mass is 10.1. The number of carbonyl (C=O) groups excluding carboxylic acids is 1. The fraction of sp³-hybridized carbons (Fsp3) is 0.579. The van der Waals surface area contributed by atoms with E-state index in [4.69, 9.17) is 16.3 Å². The molecule has 0 aliphatic rings. The van der Waals surface area contributed by atoms with E-state index in [0.29, 0.717) is 16.9 Å². The summed E-state index contributed by atoms with van der Waals surface area (Å²) in [6.45, 7) is 7.34. The number of halogens is 4. The van der Waals surface area contributed by atoms with Gasteiger partial charge in [0.15, 0.2) is 0 Å². The van der Waals surface area contributed by atoms with Crippen molar-refractivity contribution >= 4 is 28.7 Å². The van der Waals surface area contributed by atoms with Crippen LogP contribution < -0.4 is 5.32 Å². The summed E-state index contributed by atoms with van der Waals surface area (Å²) in [5, 5.41) is 2.76. The maximum Gasteiger partial charge on any atom is 0.408 e. The molecule has 2 rings (SSSR count). The largest absolute Gasteiger partial charge is 0.444 e. The number of alkyl carbamates (subject to hydrolysis) is 1. The van der Waals surface area contributed by atoms with Crippen molar-refractivity contribution < 1.29 is 22.7 Å². The van der Waals surface area contributed by atoms with E-state index in [2.05, 4.69) is 10.3 Å². The van der Waals surface area contributed by atoms with Gasteiger partial charge in [-0.2, -0.15) is 13.2 Å². The Labute approximate surface area is 167 Å². The van der Waals surface area contributed by atoms with Crippen molar-refractivity contribution in [2.45, 2.75) is 70.8 Å². The molecule has 9 heteroatoms. The molecule has 1 N–H and O–H groups in total. The highest BCUT2D eigenvalue weighted by Crippen LogP contribution is 2.26. The molecule has 1 heterocycles. The van der Waals surface area contributed by atoms with Crippen LogP contribution in [0.4, 0.5) is 18.0 Å². The van der Waals surface area contributed by atoms with E-state index in [9.17, 15) is 18.0 Å². The van der Waals surface area contributed by atoms with Crippen LogP contribution in [0.2, 0.25) is 0 Å². The van der Waals surface area contributed by atoms with Gasteiger partial charge in [0, 0.05) is 13.0 Å². The maximum absolute atomic E-state index is 12.4. The second-order valence-corrected chi connectivity index (χ2v) is 7.92. The molecule has 5 nitrogen and oxygen atoms in total. The van der Waals surface area contributed by atoms with Crippen LogP contribution in [0.15, 0.2) is 18.2 Å². The highest BCUT2D eigenvalue weighted by molar-refractivity contribution is 6.16. The number of amides is 1. The number of alkyl halides is 4. The van der Waals surface area contributed by atoms with E-state index in [1.165, 1.54) is 0 Å². The molecule has 1 aromatic carbocycles. The molecular formula is C19H25ClF3N3O2. The van der Waals surface area contributed by atoms with Crippen molar-refractivity contribution in [3.05, 3.63) is 29.6 Å². The van der Waals surface area contributed by atoms with Gasteiger partial charge in [0.1, 0.15) is 11.4 Å². The van der Waals surface area contributed by atoms with Crippen LogP contribution in [0.1, 0.15) is 58.0 Å². The lowest BCUT2D eigenvalue weighted by Gasteiger charge is -2.22. The molecule has 0 bridgehead atoms. The van der Waals surface area contributed by atoms with Crippen LogP contribution in [0.3, 0.4) is 0 Å². The highest BCUT2D eigenvalue weighted by atomic mass is 35.5. The first-order valence-electron chi connectivity index (χ1n) is 9.01. The standard InChI is InChI=1S/C19H25ClF3N3O2/c1-12(24-17(27)28-18(2,3)4)13-6-7-15-14(10-13)25-16(11-20)26(15)9-5-8-19(21,22)23/h6-7,10,12H,5,8-9,11H2,1-4H3,(H,24,27). The summed E-state index contributed by atoms with van der Waals surface area (Å²) < 4.78 is 44.3. The average molecular weight is 420 g/mol. The monoisotopic (exact) mass is 419 g/mol. The number of hydrogen-bond donors (Lipinski definition) is 1. The van der Waals surface area contributed by atoms with E-state index in [-0.39, 0.29) is 24.9 Å². The number of nitrogens with one attached hydrogen (secondary N) is 1. The molecule has 0 saturated heterocycles. The first kappa shape index (κ1) is 22.3. The molecule has 1 aromatic heterocycles. The van der Waals surface area contributed by atoms with Gasteiger partial charge in [-0.25, -0.2) is 9.78 Å². The van der Waals surface area contributed by atoms with Gasteiger partial charge in [0.05, 0.1) is 23.0 Å². The summed E-state index contributed by atoms with van der Waals surface area (Å²) in [4.78, 5) is 16.4. The number of benzene rings is 1. The van der Waals surface area contributed by atoms with Crippen molar-refractivity contribution in [2.75, 3.05) is 0 Å². The van der Waals surface area contributed by atoms with E-state index in [1.54, 1.807) is 37.5 Å². The Morgan fingerprint density at radius 2 is 2.00 bits per heavy atom. The molecule has 28 heavy (non-hydrogen) atoms. The number of aromatic nitrogens is 2. The second kappa shape index (κ2) is 8.59. The zero-order valence-corrected chi connectivity index (χ0v) is 17.1. The van der Waals surface area contributed by atoms with E-state index in [0.717, 1.165) is 5.56 Å². The molecule has 2 aromatic rings. The van der Waals surface area contributed by atoms with Gasteiger partial charge >= 0.3 is 12.3 Å². The van der Waals surface area contributed by atoms with Crippen LogP contribution in [-0.2, 0) is 17.2 Å². The molecule has 0 saturated carbocycles. The first-order valence-corrected chi connectivity index (χ1v) is 9.54. The topological polar surface area (TPSA) is 56.1 Å². The zero-order valence-electron chi connectivity index (χ0n) is 16.4. The molecule has 0 radical (unpaired) electrons. The van der Waals surface area contributed by atoms with Gasteiger partial charge in [-0.1, -0.05) is 6.07 Å². The Morgan fingerprint density at radius 3 is 2.57 bits per heavy atom. The number of nitrogens with zero attached hydrogens (tertiary/aromatic N) is 2. The molecule has 0 fully saturated rings. The maximum atomic E-state index is 12.4. The average Bonchev–Trinajstić information content (AvgIpc) is 2.89. The van der Waals surface area contributed by atoms with E-state index in [1.807, 2.05) is 13.0 Å². The predicted molar refractivity (Wildman–Crippen MR) is 102 cm³/mol. The third-order valence-corrected chi connectivity index (χ3v) is 4.29. The number of ether oxygens (including phenoxy) is 1. The summed E-state index contributed by atoms with van der Waals surface area (Å²) in [5.74, 6) is 0.616. The van der Waals surface area contributed by atoms with Crippen LogP contribution in [0, 0.1) is 0 Å². The Kier molecular flexibility index (Phi) is 6.85. The Morgan fingerprint density at radius 1 is 1.32 bits per heavy atom. The lowest BCUT2D eigenvalue weighted by Crippen LogP contribution is -2.34. The number of rotatable bonds is 6. The summed E-state index contributed by atoms with van der Waals surface area (Å²) >= 11 is 5.93. The number of imidazole rings is 1. The van der Waals surface area contributed by atoms with Crippen LogP contribution in [0.25, 0.3) is 11.0 Å².